The van der Waals surface area contributed by atoms with Crippen molar-refractivity contribution in [3.63, 3.8) is 0 Å². The van der Waals surface area contributed by atoms with Crippen molar-refractivity contribution in [1.82, 2.24) is 0 Å². The molecule has 3 rings (SSSR count). The highest BCUT2D eigenvalue weighted by molar-refractivity contribution is 9.10. The lowest BCUT2D eigenvalue weighted by Crippen LogP contribution is -1.87. The molecule has 1 aromatic heterocycles. The van der Waals surface area contributed by atoms with Gasteiger partial charge in [-0.15, -0.1) is 11.3 Å². The Labute approximate surface area is 136 Å². The van der Waals surface area contributed by atoms with Gasteiger partial charge in [-0.3, -0.25) is 0 Å². The summed E-state index contributed by atoms with van der Waals surface area (Å²) in [5.41, 5.74) is 2.33. The number of ether oxygens (including phenoxy) is 2. The van der Waals surface area contributed by atoms with E-state index < -0.39 is 0 Å². The molecule has 3 aromatic rings. The largest absolute Gasteiger partial charge is 0.497 e. The molecule has 0 aliphatic carbocycles. The summed E-state index contributed by atoms with van der Waals surface area (Å²) in [7, 11) is 3.39. The zero-order chi connectivity index (χ0) is 15.0. The van der Waals surface area contributed by atoms with Gasteiger partial charge in [0, 0.05) is 19.4 Å². The van der Waals surface area contributed by atoms with Crippen LogP contribution in [0, 0.1) is 6.92 Å². The maximum absolute atomic E-state index is 5.33. The summed E-state index contributed by atoms with van der Waals surface area (Å²) in [6.45, 7) is 2.06. The summed E-state index contributed by atoms with van der Waals surface area (Å²) >= 11 is 5.49. The van der Waals surface area contributed by atoms with Crippen molar-refractivity contribution in [3.8, 4) is 21.9 Å². The van der Waals surface area contributed by atoms with Crippen molar-refractivity contribution in [3.05, 3.63) is 46.4 Å². The topological polar surface area (TPSA) is 18.5 Å². The van der Waals surface area contributed by atoms with E-state index in [0.717, 1.165) is 21.5 Å². The lowest BCUT2D eigenvalue weighted by atomic mass is 10.1. The molecule has 0 atom stereocenters. The molecule has 2 nitrogen and oxygen atoms in total. The van der Waals surface area contributed by atoms with Gasteiger partial charge in [-0.25, -0.2) is 0 Å². The van der Waals surface area contributed by atoms with Gasteiger partial charge in [-0.2, -0.15) is 0 Å². The predicted molar refractivity (Wildman–Crippen MR) is 92.8 cm³/mol. The Kier molecular flexibility index (Phi) is 3.91. The van der Waals surface area contributed by atoms with E-state index in [2.05, 4.69) is 47.1 Å². The molecule has 21 heavy (non-hydrogen) atoms. The molecular weight excluding hydrogens is 348 g/mol. The lowest BCUT2D eigenvalue weighted by molar-refractivity contribution is 0.412. The second kappa shape index (κ2) is 5.70. The molecule has 0 unspecified atom stereocenters. The van der Waals surface area contributed by atoms with Crippen molar-refractivity contribution < 1.29 is 9.47 Å². The van der Waals surface area contributed by atoms with E-state index in [0.29, 0.717) is 0 Å². The Morgan fingerprint density at radius 2 is 1.81 bits per heavy atom. The molecule has 0 bridgehead atoms. The highest BCUT2D eigenvalue weighted by atomic mass is 79.9. The first-order valence-corrected chi connectivity index (χ1v) is 8.16. The van der Waals surface area contributed by atoms with Crippen molar-refractivity contribution in [2.45, 2.75) is 6.92 Å². The molecule has 2 aromatic carbocycles. The second-order valence-corrected chi connectivity index (χ2v) is 6.64. The first kappa shape index (κ1) is 14.4. The van der Waals surface area contributed by atoms with Crippen molar-refractivity contribution in [2.75, 3.05) is 14.2 Å². The van der Waals surface area contributed by atoms with E-state index in [1.807, 2.05) is 12.1 Å². The summed E-state index contributed by atoms with van der Waals surface area (Å²) in [4.78, 5) is 1.23. The van der Waals surface area contributed by atoms with Crippen LogP contribution in [0.5, 0.6) is 11.5 Å². The number of aryl methyl sites for hydroxylation is 1. The van der Waals surface area contributed by atoms with E-state index in [9.17, 15) is 0 Å². The predicted octanol–water partition coefficient (Wildman–Crippen LogP) is 5.66. The molecular formula is C17H15BrO2S. The zero-order valence-corrected chi connectivity index (χ0v) is 14.5. The molecule has 0 saturated carbocycles. The van der Waals surface area contributed by atoms with Crippen LogP contribution in [0.25, 0.3) is 20.5 Å². The first-order chi connectivity index (χ1) is 10.1. The number of thiophene rings is 1. The van der Waals surface area contributed by atoms with Gasteiger partial charge in [0.05, 0.1) is 14.2 Å². The van der Waals surface area contributed by atoms with Gasteiger partial charge in [-0.05, 0) is 70.4 Å². The minimum Gasteiger partial charge on any atom is -0.497 e. The van der Waals surface area contributed by atoms with E-state index in [-0.39, 0.29) is 0 Å². The number of fused-ring (bicyclic) bond motifs is 1. The van der Waals surface area contributed by atoms with E-state index in [4.69, 9.17) is 9.47 Å². The van der Waals surface area contributed by atoms with Crippen molar-refractivity contribution >= 4 is 37.4 Å². The zero-order valence-electron chi connectivity index (χ0n) is 12.1. The Hall–Kier alpha value is -1.52. The molecule has 1 heterocycles. The SMILES string of the molecule is COc1ccc2c(Br)c(-c3ccc(OC)c(C)c3)sc2c1. The van der Waals surface area contributed by atoms with Gasteiger partial charge in [0.15, 0.2) is 0 Å². The van der Waals surface area contributed by atoms with E-state index in [1.54, 1.807) is 25.6 Å². The molecule has 0 spiro atoms. The number of benzene rings is 2. The molecule has 4 heteroatoms. The summed E-state index contributed by atoms with van der Waals surface area (Å²) in [6, 6.07) is 12.4. The quantitative estimate of drug-likeness (QED) is 0.598. The van der Waals surface area contributed by atoms with E-state index in [1.165, 1.54) is 20.5 Å². The van der Waals surface area contributed by atoms with Crippen LogP contribution in [-0.4, -0.2) is 14.2 Å². The number of hydrogen-bond donors (Lipinski definition) is 0. The van der Waals surface area contributed by atoms with Crippen LogP contribution in [-0.2, 0) is 0 Å². The Balaban J connectivity index is 2.16. The Morgan fingerprint density at radius 1 is 1.00 bits per heavy atom. The molecule has 0 fully saturated rings. The molecule has 0 amide bonds. The lowest BCUT2D eigenvalue weighted by Gasteiger charge is -2.06. The highest BCUT2D eigenvalue weighted by Crippen LogP contribution is 2.43. The smallest absolute Gasteiger partial charge is 0.121 e. The normalized spacial score (nSPS) is 10.9. The summed E-state index contributed by atoms with van der Waals surface area (Å²) in [5.74, 6) is 1.80. The number of halogens is 1. The van der Waals surface area contributed by atoms with Crippen LogP contribution in [0.4, 0.5) is 0 Å². The molecule has 0 aliphatic rings. The Morgan fingerprint density at radius 3 is 2.48 bits per heavy atom. The maximum atomic E-state index is 5.33. The number of methoxy groups -OCH3 is 2. The first-order valence-electron chi connectivity index (χ1n) is 6.55. The Bertz CT molecular complexity index is 808. The van der Waals surface area contributed by atoms with Gasteiger partial charge >= 0.3 is 0 Å². The van der Waals surface area contributed by atoms with Crippen molar-refractivity contribution in [2.24, 2.45) is 0 Å². The van der Waals surface area contributed by atoms with Crippen LogP contribution in [0.15, 0.2) is 40.9 Å². The molecule has 0 aliphatic heterocycles. The molecule has 0 saturated heterocycles. The minimum atomic E-state index is 0.883. The third-order valence-corrected chi connectivity index (χ3v) is 5.78. The van der Waals surface area contributed by atoms with Gasteiger partial charge in [0.25, 0.3) is 0 Å². The summed E-state index contributed by atoms with van der Waals surface area (Å²) in [5, 5.41) is 1.21. The average molecular weight is 363 g/mol. The minimum absolute atomic E-state index is 0.883. The number of hydrogen-bond acceptors (Lipinski definition) is 3. The molecule has 0 radical (unpaired) electrons. The van der Waals surface area contributed by atoms with Crippen molar-refractivity contribution in [1.29, 1.82) is 0 Å². The van der Waals surface area contributed by atoms with Crippen LogP contribution in [0.3, 0.4) is 0 Å². The fourth-order valence-corrected chi connectivity index (χ4v) is 4.45. The van der Waals surface area contributed by atoms with Crippen LogP contribution >= 0.6 is 27.3 Å². The van der Waals surface area contributed by atoms with Crippen LogP contribution in [0.1, 0.15) is 5.56 Å². The van der Waals surface area contributed by atoms with Gasteiger partial charge in [0.2, 0.25) is 0 Å². The molecule has 108 valence electrons. The third kappa shape index (κ3) is 2.54. The third-order valence-electron chi connectivity index (χ3n) is 3.49. The monoisotopic (exact) mass is 362 g/mol. The van der Waals surface area contributed by atoms with Crippen LogP contribution < -0.4 is 9.47 Å². The summed E-state index contributed by atoms with van der Waals surface area (Å²) in [6.07, 6.45) is 0. The number of rotatable bonds is 3. The van der Waals surface area contributed by atoms with Gasteiger partial charge < -0.3 is 9.47 Å². The molecule has 0 N–H and O–H groups in total. The van der Waals surface area contributed by atoms with E-state index >= 15 is 0 Å². The average Bonchev–Trinajstić information content (AvgIpc) is 2.83. The van der Waals surface area contributed by atoms with Gasteiger partial charge in [0.1, 0.15) is 11.5 Å². The fraction of sp³-hybridized carbons (Fsp3) is 0.176. The maximum Gasteiger partial charge on any atom is 0.121 e. The van der Waals surface area contributed by atoms with Gasteiger partial charge in [-0.1, -0.05) is 0 Å². The fourth-order valence-electron chi connectivity index (χ4n) is 2.38. The standard InChI is InChI=1S/C17H15BrO2S/c1-10-8-11(4-7-14(10)20-3)17-16(18)13-6-5-12(19-2)9-15(13)21-17/h4-9H,1-3H3. The second-order valence-electron chi connectivity index (χ2n) is 4.79. The van der Waals surface area contributed by atoms with Crippen LogP contribution in [0.2, 0.25) is 0 Å². The summed E-state index contributed by atoms with van der Waals surface area (Å²) < 4.78 is 13.0. The highest BCUT2D eigenvalue weighted by Gasteiger charge is 2.13.